The van der Waals surface area contributed by atoms with Crippen LogP contribution in [0.25, 0.3) is 0 Å². The van der Waals surface area contributed by atoms with Gasteiger partial charge in [0.2, 0.25) is 0 Å². The van der Waals surface area contributed by atoms with E-state index in [2.05, 4.69) is 43.0 Å². The summed E-state index contributed by atoms with van der Waals surface area (Å²) >= 11 is 0. The smallest absolute Gasteiger partial charge is 0.307 e. The summed E-state index contributed by atoms with van der Waals surface area (Å²) in [6.07, 6.45) is 0.392. The highest BCUT2D eigenvalue weighted by molar-refractivity contribution is 5.70. The molecule has 0 aliphatic rings. The largest absolute Gasteiger partial charge is 0.469 e. The van der Waals surface area contributed by atoms with E-state index in [9.17, 15) is 4.79 Å². The number of esters is 1. The number of hydrogen-bond acceptors (Lipinski definition) is 3. The minimum Gasteiger partial charge on any atom is -0.469 e. The Hall–Kier alpha value is -1.51. The number of rotatable bonds is 4. The Balaban J connectivity index is 2.61. The number of carbonyl (C=O) groups is 1. The third-order valence-electron chi connectivity index (χ3n) is 2.93. The fraction of sp³-hybridized carbons (Fsp3) is 0.462. The number of methoxy groups -OCH3 is 1. The molecule has 1 rings (SSSR count). The predicted molar refractivity (Wildman–Crippen MR) is 65.8 cm³/mol. The van der Waals surface area contributed by atoms with Crippen LogP contribution in [-0.2, 0) is 9.53 Å². The monoisotopic (exact) mass is 221 g/mol. The molecule has 16 heavy (non-hydrogen) atoms. The van der Waals surface area contributed by atoms with Crippen molar-refractivity contribution in [2.24, 2.45) is 0 Å². The quantitative estimate of drug-likeness (QED) is 0.794. The fourth-order valence-electron chi connectivity index (χ4n) is 1.55. The summed E-state index contributed by atoms with van der Waals surface area (Å²) < 4.78 is 4.58. The minimum absolute atomic E-state index is 0.186. The number of hydrogen-bond donors (Lipinski definition) is 1. The van der Waals surface area contributed by atoms with E-state index < -0.39 is 0 Å². The van der Waals surface area contributed by atoms with Crippen LogP contribution in [0.3, 0.4) is 0 Å². The van der Waals surface area contributed by atoms with Crippen molar-refractivity contribution < 1.29 is 9.53 Å². The van der Waals surface area contributed by atoms with Crippen LogP contribution in [0.1, 0.15) is 23.1 Å². The Morgan fingerprint density at radius 2 is 1.94 bits per heavy atom. The second-order valence-electron chi connectivity index (χ2n) is 3.93. The zero-order valence-corrected chi connectivity index (χ0v) is 10.4. The van der Waals surface area contributed by atoms with Crippen molar-refractivity contribution in [3.63, 3.8) is 0 Å². The second-order valence-corrected chi connectivity index (χ2v) is 3.93. The first-order chi connectivity index (χ1) is 7.56. The Labute approximate surface area is 96.8 Å². The Morgan fingerprint density at radius 1 is 1.25 bits per heavy atom. The van der Waals surface area contributed by atoms with E-state index in [-0.39, 0.29) is 5.97 Å². The van der Waals surface area contributed by atoms with Gasteiger partial charge in [-0.25, -0.2) is 0 Å². The van der Waals surface area contributed by atoms with Gasteiger partial charge in [0.05, 0.1) is 13.5 Å². The van der Waals surface area contributed by atoms with E-state index in [0.29, 0.717) is 13.0 Å². The van der Waals surface area contributed by atoms with Crippen molar-refractivity contribution in [2.45, 2.75) is 27.2 Å². The van der Waals surface area contributed by atoms with Gasteiger partial charge in [-0.05, 0) is 43.5 Å². The average Bonchev–Trinajstić information content (AvgIpc) is 2.29. The van der Waals surface area contributed by atoms with Gasteiger partial charge in [0, 0.05) is 12.2 Å². The number of benzene rings is 1. The minimum atomic E-state index is -0.186. The Morgan fingerprint density at radius 3 is 2.56 bits per heavy atom. The van der Waals surface area contributed by atoms with Crippen LogP contribution < -0.4 is 5.32 Å². The number of nitrogens with one attached hydrogen (secondary N) is 1. The molecule has 1 aromatic rings. The van der Waals surface area contributed by atoms with Crippen LogP contribution in [-0.4, -0.2) is 19.6 Å². The standard InChI is InChI=1S/C13H19NO2/c1-9-5-6-12(11(3)10(9)2)14-8-7-13(15)16-4/h5-6,14H,7-8H2,1-4H3. The maximum atomic E-state index is 10.9. The average molecular weight is 221 g/mol. The van der Waals surface area contributed by atoms with Crippen molar-refractivity contribution >= 4 is 11.7 Å². The number of aryl methyl sites for hydroxylation is 1. The van der Waals surface area contributed by atoms with Crippen LogP contribution in [0.2, 0.25) is 0 Å². The highest BCUT2D eigenvalue weighted by Crippen LogP contribution is 2.21. The highest BCUT2D eigenvalue weighted by Gasteiger charge is 2.04. The van der Waals surface area contributed by atoms with Gasteiger partial charge in [-0.15, -0.1) is 0 Å². The molecule has 1 aromatic carbocycles. The van der Waals surface area contributed by atoms with Gasteiger partial charge in [-0.1, -0.05) is 6.07 Å². The summed E-state index contributed by atoms with van der Waals surface area (Å²) in [6.45, 7) is 6.90. The Bertz CT molecular complexity index is 386. The van der Waals surface area contributed by atoms with E-state index in [0.717, 1.165) is 5.69 Å². The van der Waals surface area contributed by atoms with E-state index in [4.69, 9.17) is 0 Å². The predicted octanol–water partition coefficient (Wildman–Crippen LogP) is 2.59. The summed E-state index contributed by atoms with van der Waals surface area (Å²) in [5.41, 5.74) is 4.91. The van der Waals surface area contributed by atoms with Crippen LogP contribution in [0, 0.1) is 20.8 Å². The summed E-state index contributed by atoms with van der Waals surface area (Å²) in [6, 6.07) is 4.14. The van der Waals surface area contributed by atoms with Gasteiger partial charge >= 0.3 is 5.97 Å². The molecule has 0 atom stereocenters. The molecule has 0 fully saturated rings. The summed E-state index contributed by atoms with van der Waals surface area (Å²) in [5, 5.41) is 3.25. The van der Waals surface area contributed by atoms with E-state index in [1.165, 1.54) is 23.8 Å². The molecule has 0 amide bonds. The molecule has 0 aromatic heterocycles. The second kappa shape index (κ2) is 5.54. The van der Waals surface area contributed by atoms with Gasteiger partial charge in [-0.3, -0.25) is 4.79 Å². The van der Waals surface area contributed by atoms with Gasteiger partial charge in [-0.2, -0.15) is 0 Å². The van der Waals surface area contributed by atoms with Gasteiger partial charge in [0.1, 0.15) is 0 Å². The van der Waals surface area contributed by atoms with Crippen LogP contribution in [0.4, 0.5) is 5.69 Å². The topological polar surface area (TPSA) is 38.3 Å². The summed E-state index contributed by atoms with van der Waals surface area (Å²) in [7, 11) is 1.41. The molecule has 3 heteroatoms. The molecule has 88 valence electrons. The number of carbonyl (C=O) groups excluding carboxylic acids is 1. The third kappa shape index (κ3) is 2.99. The van der Waals surface area contributed by atoms with E-state index in [1.807, 2.05) is 0 Å². The molecule has 0 aliphatic carbocycles. The SMILES string of the molecule is COC(=O)CCNc1ccc(C)c(C)c1C. The summed E-state index contributed by atoms with van der Waals surface area (Å²) in [5.74, 6) is -0.186. The molecule has 0 saturated heterocycles. The molecule has 0 bridgehead atoms. The number of anilines is 1. The molecule has 0 saturated carbocycles. The maximum absolute atomic E-state index is 10.9. The van der Waals surface area contributed by atoms with E-state index in [1.54, 1.807) is 0 Å². The molecule has 0 aliphatic heterocycles. The first kappa shape index (κ1) is 12.6. The van der Waals surface area contributed by atoms with Crippen molar-refractivity contribution in [3.05, 3.63) is 28.8 Å². The fourth-order valence-corrected chi connectivity index (χ4v) is 1.55. The van der Waals surface area contributed by atoms with Crippen molar-refractivity contribution in [2.75, 3.05) is 19.0 Å². The van der Waals surface area contributed by atoms with Crippen molar-refractivity contribution in [1.29, 1.82) is 0 Å². The lowest BCUT2D eigenvalue weighted by atomic mass is 10.0. The van der Waals surface area contributed by atoms with Crippen LogP contribution in [0.5, 0.6) is 0 Å². The van der Waals surface area contributed by atoms with E-state index >= 15 is 0 Å². The van der Waals surface area contributed by atoms with Gasteiger partial charge in [0.15, 0.2) is 0 Å². The zero-order chi connectivity index (χ0) is 12.1. The first-order valence-electron chi connectivity index (χ1n) is 5.43. The molecule has 0 unspecified atom stereocenters. The first-order valence-corrected chi connectivity index (χ1v) is 5.43. The Kier molecular flexibility index (Phi) is 4.35. The molecule has 0 spiro atoms. The van der Waals surface area contributed by atoms with Crippen LogP contribution in [0.15, 0.2) is 12.1 Å². The lowest BCUT2D eigenvalue weighted by Crippen LogP contribution is -2.10. The van der Waals surface area contributed by atoms with Gasteiger partial charge < -0.3 is 10.1 Å². The number of ether oxygens (including phenoxy) is 1. The molecular weight excluding hydrogens is 202 g/mol. The van der Waals surface area contributed by atoms with Crippen LogP contribution >= 0.6 is 0 Å². The lowest BCUT2D eigenvalue weighted by molar-refractivity contribution is -0.140. The zero-order valence-electron chi connectivity index (χ0n) is 10.4. The molecular formula is C13H19NO2. The molecule has 3 nitrogen and oxygen atoms in total. The highest BCUT2D eigenvalue weighted by atomic mass is 16.5. The maximum Gasteiger partial charge on any atom is 0.307 e. The third-order valence-corrected chi connectivity index (χ3v) is 2.93. The molecule has 0 heterocycles. The molecule has 0 radical (unpaired) electrons. The summed E-state index contributed by atoms with van der Waals surface area (Å²) in [4.78, 5) is 10.9. The van der Waals surface area contributed by atoms with Crippen molar-refractivity contribution in [3.8, 4) is 0 Å². The van der Waals surface area contributed by atoms with Crippen molar-refractivity contribution in [1.82, 2.24) is 0 Å². The molecule has 1 N–H and O–H groups in total. The van der Waals surface area contributed by atoms with Gasteiger partial charge in [0.25, 0.3) is 0 Å². The lowest BCUT2D eigenvalue weighted by Gasteiger charge is -2.12. The normalized spacial score (nSPS) is 10.0.